The molecule has 0 aromatic carbocycles. The Balaban J connectivity index is 2.17. The maximum absolute atomic E-state index is 2.69. The SMILES string of the molecule is CC12[B]C(C)(CCCC1)CCC2. The molecule has 1 radical (unpaired) electrons. The van der Waals surface area contributed by atoms with E-state index in [-0.39, 0.29) is 0 Å². The molecule has 0 nitrogen and oxygen atoms in total. The summed E-state index contributed by atoms with van der Waals surface area (Å²) in [4.78, 5) is 0. The van der Waals surface area contributed by atoms with E-state index < -0.39 is 0 Å². The molecule has 0 aromatic rings. The molecular weight excluding hydrogens is 143 g/mol. The van der Waals surface area contributed by atoms with Crippen LogP contribution in [0.5, 0.6) is 0 Å². The fraction of sp³-hybridized carbons (Fsp3) is 1.00. The second-order valence-corrected chi connectivity index (χ2v) is 5.51. The second-order valence-electron chi connectivity index (χ2n) is 5.51. The van der Waals surface area contributed by atoms with Crippen LogP contribution in [0.2, 0.25) is 10.6 Å². The molecular formula is C11H20B. The topological polar surface area (TPSA) is 0 Å². The van der Waals surface area contributed by atoms with Gasteiger partial charge in [0.25, 0.3) is 0 Å². The molecule has 1 heteroatoms. The van der Waals surface area contributed by atoms with Crippen LogP contribution in [0.25, 0.3) is 0 Å². The Morgan fingerprint density at radius 2 is 1.17 bits per heavy atom. The molecule has 2 fully saturated rings. The van der Waals surface area contributed by atoms with Crippen LogP contribution in [0.4, 0.5) is 0 Å². The highest BCUT2D eigenvalue weighted by Gasteiger charge is 2.41. The predicted molar refractivity (Wildman–Crippen MR) is 54.8 cm³/mol. The van der Waals surface area contributed by atoms with E-state index in [4.69, 9.17) is 0 Å². The summed E-state index contributed by atoms with van der Waals surface area (Å²) in [7, 11) is 2.69. The fourth-order valence-corrected chi connectivity index (χ4v) is 3.33. The molecule has 0 spiro atoms. The van der Waals surface area contributed by atoms with Crippen molar-refractivity contribution >= 4 is 7.28 Å². The molecule has 2 atom stereocenters. The summed E-state index contributed by atoms with van der Waals surface area (Å²) in [6.07, 6.45) is 10.2. The maximum atomic E-state index is 2.69. The van der Waals surface area contributed by atoms with E-state index >= 15 is 0 Å². The molecule has 2 bridgehead atoms. The summed E-state index contributed by atoms with van der Waals surface area (Å²) in [5.74, 6) is 0. The van der Waals surface area contributed by atoms with Crippen molar-refractivity contribution in [3.63, 3.8) is 0 Å². The normalized spacial score (nSPS) is 47.8. The molecule has 12 heavy (non-hydrogen) atoms. The lowest BCUT2D eigenvalue weighted by Gasteiger charge is -2.41. The number of fused-ring (bicyclic) bond motifs is 2. The molecule has 2 saturated heterocycles. The van der Waals surface area contributed by atoms with Crippen molar-refractivity contribution < 1.29 is 0 Å². The highest BCUT2D eigenvalue weighted by Crippen LogP contribution is 2.55. The first-order chi connectivity index (χ1) is 5.62. The molecule has 2 heterocycles. The van der Waals surface area contributed by atoms with Crippen molar-refractivity contribution in [2.45, 2.75) is 69.4 Å². The highest BCUT2D eigenvalue weighted by atomic mass is 14.3. The van der Waals surface area contributed by atoms with Gasteiger partial charge in [0.2, 0.25) is 0 Å². The van der Waals surface area contributed by atoms with Gasteiger partial charge < -0.3 is 0 Å². The Morgan fingerprint density at radius 1 is 0.750 bits per heavy atom. The average molecular weight is 163 g/mol. The summed E-state index contributed by atoms with van der Waals surface area (Å²) < 4.78 is 0. The first-order valence-corrected chi connectivity index (χ1v) is 5.49. The molecule has 2 rings (SSSR count). The van der Waals surface area contributed by atoms with Gasteiger partial charge in [-0.1, -0.05) is 69.4 Å². The second kappa shape index (κ2) is 2.78. The number of hydrogen-bond acceptors (Lipinski definition) is 0. The average Bonchev–Trinajstić information content (AvgIpc) is 2.06. The van der Waals surface area contributed by atoms with Crippen LogP contribution in [0.3, 0.4) is 0 Å². The standard InChI is InChI=1S/C11H20B/c1-10-6-3-4-7-11(2,12-10)9-5-8-10/h3-9H2,1-2H3. The lowest BCUT2D eigenvalue weighted by molar-refractivity contribution is 0.407. The summed E-state index contributed by atoms with van der Waals surface area (Å²) in [5, 5.41) is 1.20. The Morgan fingerprint density at radius 3 is 1.67 bits per heavy atom. The van der Waals surface area contributed by atoms with E-state index in [9.17, 15) is 0 Å². The minimum atomic E-state index is 0.601. The fourth-order valence-electron chi connectivity index (χ4n) is 3.33. The summed E-state index contributed by atoms with van der Waals surface area (Å²) in [6.45, 7) is 4.94. The third-order valence-corrected chi connectivity index (χ3v) is 3.94. The van der Waals surface area contributed by atoms with Gasteiger partial charge in [0.05, 0.1) is 0 Å². The Labute approximate surface area is 77.4 Å². The molecule has 0 amide bonds. The van der Waals surface area contributed by atoms with Crippen LogP contribution in [0.15, 0.2) is 0 Å². The zero-order valence-electron chi connectivity index (χ0n) is 8.53. The largest absolute Gasteiger partial charge is 0.125 e. The van der Waals surface area contributed by atoms with Gasteiger partial charge in [-0.15, -0.1) is 0 Å². The Hall–Kier alpha value is 0.0649. The van der Waals surface area contributed by atoms with Crippen molar-refractivity contribution in [1.29, 1.82) is 0 Å². The molecule has 0 N–H and O–H groups in total. The van der Waals surface area contributed by atoms with Gasteiger partial charge >= 0.3 is 0 Å². The predicted octanol–water partition coefficient (Wildman–Crippen LogP) is 3.81. The van der Waals surface area contributed by atoms with Crippen LogP contribution in [-0.2, 0) is 0 Å². The van der Waals surface area contributed by atoms with Gasteiger partial charge in [-0.2, -0.15) is 0 Å². The van der Waals surface area contributed by atoms with Crippen molar-refractivity contribution in [2.24, 2.45) is 0 Å². The van der Waals surface area contributed by atoms with E-state index in [0.29, 0.717) is 10.6 Å². The number of rotatable bonds is 0. The third kappa shape index (κ3) is 1.55. The number of hydrogen-bond donors (Lipinski definition) is 0. The van der Waals surface area contributed by atoms with Crippen molar-refractivity contribution in [3.8, 4) is 0 Å². The van der Waals surface area contributed by atoms with Gasteiger partial charge in [-0.3, -0.25) is 0 Å². The Bertz CT molecular complexity index is 160. The van der Waals surface area contributed by atoms with Gasteiger partial charge in [0, 0.05) is 0 Å². The molecule has 0 saturated carbocycles. The maximum Gasteiger partial charge on any atom is 0.125 e. The lowest BCUT2D eigenvalue weighted by atomic mass is 9.34. The van der Waals surface area contributed by atoms with E-state index in [1.165, 1.54) is 44.9 Å². The van der Waals surface area contributed by atoms with Crippen LogP contribution in [-0.4, -0.2) is 7.28 Å². The van der Waals surface area contributed by atoms with Gasteiger partial charge in [0.15, 0.2) is 0 Å². The van der Waals surface area contributed by atoms with E-state index in [1.807, 2.05) is 0 Å². The Kier molecular flexibility index (Phi) is 2.01. The third-order valence-electron chi connectivity index (χ3n) is 3.94. The van der Waals surface area contributed by atoms with E-state index in [1.54, 1.807) is 0 Å². The van der Waals surface area contributed by atoms with E-state index in [2.05, 4.69) is 21.1 Å². The summed E-state index contributed by atoms with van der Waals surface area (Å²) in [6, 6.07) is 0. The first-order valence-electron chi connectivity index (χ1n) is 5.49. The van der Waals surface area contributed by atoms with Crippen LogP contribution in [0.1, 0.15) is 58.8 Å². The quantitative estimate of drug-likeness (QED) is 0.476. The van der Waals surface area contributed by atoms with Gasteiger partial charge in [-0.05, 0) is 0 Å². The zero-order chi connectivity index (χ0) is 8.66. The minimum Gasteiger partial charge on any atom is -0.0669 e. The highest BCUT2D eigenvalue weighted by molar-refractivity contribution is 6.44. The molecule has 2 aliphatic heterocycles. The summed E-state index contributed by atoms with van der Waals surface area (Å²) in [5.41, 5.74) is 0. The minimum absolute atomic E-state index is 0.601. The lowest BCUT2D eigenvalue weighted by Crippen LogP contribution is -2.30. The molecule has 0 aliphatic carbocycles. The van der Waals surface area contributed by atoms with Crippen LogP contribution >= 0.6 is 0 Å². The molecule has 2 aliphatic rings. The molecule has 67 valence electrons. The molecule has 0 aromatic heterocycles. The van der Waals surface area contributed by atoms with Crippen molar-refractivity contribution in [1.82, 2.24) is 0 Å². The molecule has 2 unspecified atom stereocenters. The summed E-state index contributed by atoms with van der Waals surface area (Å²) >= 11 is 0. The van der Waals surface area contributed by atoms with Crippen LogP contribution < -0.4 is 0 Å². The van der Waals surface area contributed by atoms with E-state index in [0.717, 1.165) is 0 Å². The van der Waals surface area contributed by atoms with Gasteiger partial charge in [-0.25, -0.2) is 0 Å². The van der Waals surface area contributed by atoms with Crippen LogP contribution in [0, 0.1) is 0 Å². The van der Waals surface area contributed by atoms with Crippen molar-refractivity contribution in [3.05, 3.63) is 0 Å². The first kappa shape index (κ1) is 8.65. The smallest absolute Gasteiger partial charge is 0.0669 e. The van der Waals surface area contributed by atoms with Crippen molar-refractivity contribution in [2.75, 3.05) is 0 Å². The van der Waals surface area contributed by atoms with Gasteiger partial charge in [0.1, 0.15) is 7.28 Å². The monoisotopic (exact) mass is 163 g/mol. The zero-order valence-corrected chi connectivity index (χ0v) is 8.53.